The summed E-state index contributed by atoms with van der Waals surface area (Å²) in [5, 5.41) is 12.1. The van der Waals surface area contributed by atoms with Crippen molar-refractivity contribution in [3.05, 3.63) is 24.2 Å². The van der Waals surface area contributed by atoms with Crippen molar-refractivity contribution in [2.45, 2.75) is 25.4 Å². The molecule has 1 aromatic rings. The molecule has 94 valence electrons. The van der Waals surface area contributed by atoms with Gasteiger partial charge >= 0.3 is 0 Å². The van der Waals surface area contributed by atoms with Gasteiger partial charge in [0.25, 0.3) is 0 Å². The van der Waals surface area contributed by atoms with Crippen LogP contribution >= 0.6 is 12.4 Å². The van der Waals surface area contributed by atoms with Crippen LogP contribution in [0.2, 0.25) is 0 Å². The predicted octanol–water partition coefficient (Wildman–Crippen LogP) is 1.78. The third-order valence-corrected chi connectivity index (χ3v) is 3.03. The van der Waals surface area contributed by atoms with E-state index in [-0.39, 0.29) is 12.4 Å². The van der Waals surface area contributed by atoms with Crippen LogP contribution in [0.25, 0.3) is 0 Å². The van der Waals surface area contributed by atoms with Gasteiger partial charge in [-0.25, -0.2) is 0 Å². The van der Waals surface area contributed by atoms with Crippen molar-refractivity contribution in [3.63, 3.8) is 0 Å². The summed E-state index contributed by atoms with van der Waals surface area (Å²) < 4.78 is 5.27. The molecule has 1 fully saturated rings. The predicted molar refractivity (Wildman–Crippen MR) is 67.9 cm³/mol. The fourth-order valence-corrected chi connectivity index (χ4v) is 2.05. The molecule has 1 aliphatic heterocycles. The zero-order valence-corrected chi connectivity index (χ0v) is 10.6. The second-order valence-corrected chi connectivity index (χ2v) is 4.17. The molecule has 2 rings (SSSR count). The van der Waals surface area contributed by atoms with Crippen LogP contribution in [0.5, 0.6) is 0 Å². The number of rotatable bonds is 4. The van der Waals surface area contributed by atoms with E-state index in [2.05, 4.69) is 16.3 Å². The van der Waals surface area contributed by atoms with Crippen LogP contribution in [-0.4, -0.2) is 30.6 Å². The monoisotopic (exact) mass is 255 g/mol. The molecule has 17 heavy (non-hydrogen) atoms. The molecule has 0 bridgehead atoms. The highest BCUT2D eigenvalue weighted by molar-refractivity contribution is 5.85. The van der Waals surface area contributed by atoms with E-state index in [9.17, 15) is 0 Å². The molecule has 2 heterocycles. The largest absolute Gasteiger partial charge is 0.468 e. The number of hydrogen-bond donors (Lipinski definition) is 1. The maximum Gasteiger partial charge on any atom is 0.117 e. The van der Waals surface area contributed by atoms with Gasteiger partial charge in [-0.05, 0) is 25.0 Å². The van der Waals surface area contributed by atoms with Crippen molar-refractivity contribution in [1.82, 2.24) is 10.2 Å². The van der Waals surface area contributed by atoms with Crippen molar-refractivity contribution in [2.75, 3.05) is 19.6 Å². The summed E-state index contributed by atoms with van der Waals surface area (Å²) >= 11 is 0. The average Bonchev–Trinajstić information content (AvgIpc) is 2.82. The molecular weight excluding hydrogens is 238 g/mol. The molecule has 0 aromatic carbocycles. The van der Waals surface area contributed by atoms with Crippen LogP contribution in [0.1, 0.15) is 18.6 Å². The normalized spacial score (nSPS) is 17.4. The first-order valence-electron chi connectivity index (χ1n) is 5.73. The van der Waals surface area contributed by atoms with E-state index in [0.717, 1.165) is 38.2 Å². The molecular formula is C12H18ClN3O. The number of halogens is 1. The van der Waals surface area contributed by atoms with Crippen molar-refractivity contribution < 1.29 is 4.42 Å². The number of furan rings is 1. The lowest BCUT2D eigenvalue weighted by molar-refractivity contribution is 0.214. The van der Waals surface area contributed by atoms with Crippen LogP contribution in [0.15, 0.2) is 22.8 Å². The Bertz CT molecular complexity index is 339. The third-order valence-electron chi connectivity index (χ3n) is 3.03. The Balaban J connectivity index is 0.00000144. The van der Waals surface area contributed by atoms with Gasteiger partial charge in [0.15, 0.2) is 0 Å². The van der Waals surface area contributed by atoms with Crippen molar-refractivity contribution in [2.24, 2.45) is 0 Å². The van der Waals surface area contributed by atoms with Crippen molar-refractivity contribution >= 4 is 12.4 Å². The lowest BCUT2D eigenvalue weighted by Gasteiger charge is -2.30. The summed E-state index contributed by atoms with van der Waals surface area (Å²) in [7, 11) is 0. The van der Waals surface area contributed by atoms with E-state index in [1.165, 1.54) is 0 Å². The molecule has 5 heteroatoms. The minimum absolute atomic E-state index is 0. The third kappa shape index (κ3) is 4.39. The Morgan fingerprint density at radius 3 is 2.82 bits per heavy atom. The van der Waals surface area contributed by atoms with E-state index >= 15 is 0 Å². The molecule has 0 radical (unpaired) electrons. The van der Waals surface area contributed by atoms with Gasteiger partial charge in [0.1, 0.15) is 5.76 Å². The van der Waals surface area contributed by atoms with Crippen LogP contribution < -0.4 is 5.32 Å². The number of nitriles is 1. The highest BCUT2D eigenvalue weighted by Crippen LogP contribution is 2.10. The Labute approximate surface area is 108 Å². The molecule has 0 atom stereocenters. The van der Waals surface area contributed by atoms with Crippen LogP contribution in [0.3, 0.4) is 0 Å². The first-order chi connectivity index (χ1) is 7.88. The second-order valence-electron chi connectivity index (χ2n) is 4.17. The fraction of sp³-hybridized carbons (Fsp3) is 0.583. The highest BCUT2D eigenvalue weighted by Gasteiger charge is 2.18. The van der Waals surface area contributed by atoms with E-state index in [4.69, 9.17) is 9.68 Å². The van der Waals surface area contributed by atoms with Crippen LogP contribution in [0, 0.1) is 11.3 Å². The summed E-state index contributed by atoms with van der Waals surface area (Å²) in [6.07, 6.45) is 3.93. The molecule has 1 N–H and O–H groups in total. The topological polar surface area (TPSA) is 52.2 Å². The van der Waals surface area contributed by atoms with Gasteiger partial charge in [-0.15, -0.1) is 12.4 Å². The quantitative estimate of drug-likeness (QED) is 0.834. The molecule has 1 saturated heterocycles. The zero-order chi connectivity index (χ0) is 11.2. The minimum Gasteiger partial charge on any atom is -0.468 e. The maximum absolute atomic E-state index is 8.59. The molecule has 0 amide bonds. The lowest BCUT2D eigenvalue weighted by atomic mass is 10.1. The number of piperidine rings is 1. The summed E-state index contributed by atoms with van der Waals surface area (Å²) in [6, 6.07) is 6.65. The Morgan fingerprint density at radius 1 is 1.47 bits per heavy atom. The molecule has 1 aliphatic rings. The molecule has 1 aromatic heterocycles. The SMILES string of the molecule is Cl.N#CCN1CCC(NCc2ccco2)CC1. The summed E-state index contributed by atoms with van der Waals surface area (Å²) in [5.74, 6) is 0.986. The Hall–Kier alpha value is -1.02. The molecule has 0 aliphatic carbocycles. The summed E-state index contributed by atoms with van der Waals surface area (Å²) in [4.78, 5) is 2.20. The maximum atomic E-state index is 8.59. The standard InChI is InChI=1S/C12H17N3O.ClH/c13-5-8-15-6-3-11(4-7-15)14-10-12-2-1-9-16-12;/h1-2,9,11,14H,3-4,6-8,10H2;1H. The van der Waals surface area contributed by atoms with Gasteiger partial charge in [-0.2, -0.15) is 5.26 Å². The number of likely N-dealkylation sites (tertiary alicyclic amines) is 1. The lowest BCUT2D eigenvalue weighted by Crippen LogP contribution is -2.42. The highest BCUT2D eigenvalue weighted by atomic mass is 35.5. The Kier molecular flexibility index (Phi) is 6.06. The first kappa shape index (κ1) is 14.0. The van der Waals surface area contributed by atoms with E-state index in [1.54, 1.807) is 6.26 Å². The van der Waals surface area contributed by atoms with Crippen molar-refractivity contribution in [3.8, 4) is 6.07 Å². The van der Waals surface area contributed by atoms with Gasteiger partial charge < -0.3 is 9.73 Å². The number of nitrogens with one attached hydrogen (secondary N) is 1. The van der Waals surface area contributed by atoms with Crippen molar-refractivity contribution in [1.29, 1.82) is 5.26 Å². The molecule has 4 nitrogen and oxygen atoms in total. The van der Waals surface area contributed by atoms with Crippen LogP contribution in [0.4, 0.5) is 0 Å². The number of nitrogens with zero attached hydrogens (tertiary/aromatic N) is 2. The fourth-order valence-electron chi connectivity index (χ4n) is 2.05. The molecule has 0 saturated carbocycles. The molecule has 0 spiro atoms. The van der Waals surface area contributed by atoms with Gasteiger partial charge in [-0.1, -0.05) is 0 Å². The van der Waals surface area contributed by atoms with Gasteiger partial charge in [0.05, 0.1) is 25.4 Å². The number of hydrogen-bond acceptors (Lipinski definition) is 4. The zero-order valence-electron chi connectivity index (χ0n) is 9.76. The van der Waals surface area contributed by atoms with Gasteiger partial charge in [0, 0.05) is 19.1 Å². The second kappa shape index (κ2) is 7.33. The summed E-state index contributed by atoms with van der Waals surface area (Å²) in [6.45, 7) is 3.40. The Morgan fingerprint density at radius 2 is 2.24 bits per heavy atom. The van der Waals surface area contributed by atoms with E-state index < -0.39 is 0 Å². The van der Waals surface area contributed by atoms with Gasteiger partial charge in [0.2, 0.25) is 0 Å². The van der Waals surface area contributed by atoms with E-state index in [0.29, 0.717) is 12.6 Å². The molecule has 0 unspecified atom stereocenters. The van der Waals surface area contributed by atoms with E-state index in [1.807, 2.05) is 12.1 Å². The smallest absolute Gasteiger partial charge is 0.117 e. The van der Waals surface area contributed by atoms with Gasteiger partial charge in [-0.3, -0.25) is 4.90 Å². The minimum atomic E-state index is 0. The summed E-state index contributed by atoms with van der Waals surface area (Å²) in [5.41, 5.74) is 0. The average molecular weight is 256 g/mol. The first-order valence-corrected chi connectivity index (χ1v) is 5.73. The van der Waals surface area contributed by atoms with Crippen LogP contribution in [-0.2, 0) is 6.54 Å².